The number of rotatable bonds is 0. The Balaban J connectivity index is 2.17. The summed E-state index contributed by atoms with van der Waals surface area (Å²) in [6.45, 7) is 0. The monoisotopic (exact) mass is 197 g/mol. The van der Waals surface area contributed by atoms with Crippen LogP contribution in [0.2, 0.25) is 0 Å². The number of nitrogens with one attached hydrogen (secondary N) is 1. The van der Waals surface area contributed by atoms with Gasteiger partial charge >= 0.3 is 0 Å². The van der Waals surface area contributed by atoms with Gasteiger partial charge in [0.2, 0.25) is 0 Å². The molecule has 2 aliphatic rings. The van der Waals surface area contributed by atoms with Crippen molar-refractivity contribution in [2.75, 3.05) is 0 Å². The lowest BCUT2D eigenvalue weighted by molar-refractivity contribution is 0.656. The Labute approximate surface area is 90.3 Å². The molecule has 1 unspecified atom stereocenters. The van der Waals surface area contributed by atoms with E-state index in [4.69, 9.17) is 5.41 Å². The van der Waals surface area contributed by atoms with Crippen molar-refractivity contribution in [2.24, 2.45) is 5.92 Å². The van der Waals surface area contributed by atoms with Gasteiger partial charge in [-0.05, 0) is 36.0 Å². The Bertz CT molecular complexity index is 442. The third kappa shape index (κ3) is 1.34. The lowest BCUT2D eigenvalue weighted by Gasteiger charge is -2.31. The molecule has 15 heavy (non-hydrogen) atoms. The Morgan fingerprint density at radius 1 is 1.20 bits per heavy atom. The minimum absolute atomic E-state index is 0.425. The van der Waals surface area contributed by atoms with E-state index >= 15 is 0 Å². The van der Waals surface area contributed by atoms with Crippen molar-refractivity contribution in [1.82, 2.24) is 0 Å². The SMILES string of the molecule is N=C1Cc2ccccc2C2=CCCCC12. The van der Waals surface area contributed by atoms with Crippen LogP contribution >= 0.6 is 0 Å². The first-order valence-corrected chi connectivity index (χ1v) is 5.72. The molecule has 0 fully saturated rings. The molecule has 0 aliphatic heterocycles. The zero-order chi connectivity index (χ0) is 10.3. The molecule has 0 spiro atoms. The van der Waals surface area contributed by atoms with Crippen LogP contribution in [-0.4, -0.2) is 5.71 Å². The quantitative estimate of drug-likeness (QED) is 0.658. The van der Waals surface area contributed by atoms with E-state index in [9.17, 15) is 0 Å². The summed E-state index contributed by atoms with van der Waals surface area (Å²) >= 11 is 0. The number of allylic oxidation sites excluding steroid dienone is 2. The van der Waals surface area contributed by atoms with Crippen molar-refractivity contribution in [2.45, 2.75) is 25.7 Å². The number of hydrogen-bond donors (Lipinski definition) is 1. The van der Waals surface area contributed by atoms with Gasteiger partial charge in [0.25, 0.3) is 0 Å². The summed E-state index contributed by atoms with van der Waals surface area (Å²) in [6.07, 6.45) is 6.82. The lowest BCUT2D eigenvalue weighted by Crippen LogP contribution is -2.25. The highest BCUT2D eigenvalue weighted by Gasteiger charge is 2.28. The molecular weight excluding hydrogens is 182 g/mol. The highest BCUT2D eigenvalue weighted by molar-refractivity contribution is 6.00. The van der Waals surface area contributed by atoms with E-state index in [1.165, 1.54) is 36.0 Å². The molecule has 76 valence electrons. The van der Waals surface area contributed by atoms with Gasteiger partial charge in [0.1, 0.15) is 0 Å². The van der Waals surface area contributed by atoms with Gasteiger partial charge in [0.15, 0.2) is 0 Å². The number of fused-ring (bicyclic) bond motifs is 3. The van der Waals surface area contributed by atoms with Gasteiger partial charge in [-0.25, -0.2) is 0 Å². The molecule has 0 heterocycles. The molecule has 0 aromatic heterocycles. The molecule has 0 radical (unpaired) electrons. The standard InChI is InChI=1S/C14H15N/c15-14-9-10-5-1-2-6-11(10)12-7-3-4-8-13(12)14/h1-2,5-7,13,15H,3-4,8-9H2. The second-order valence-electron chi connectivity index (χ2n) is 4.50. The third-order valence-corrected chi connectivity index (χ3v) is 3.57. The van der Waals surface area contributed by atoms with Crippen molar-refractivity contribution in [3.05, 3.63) is 41.5 Å². The Kier molecular flexibility index (Phi) is 1.98. The van der Waals surface area contributed by atoms with Crippen LogP contribution in [0.25, 0.3) is 5.57 Å². The predicted octanol–water partition coefficient (Wildman–Crippen LogP) is 3.45. The Morgan fingerprint density at radius 3 is 3.00 bits per heavy atom. The molecule has 0 amide bonds. The van der Waals surface area contributed by atoms with Crippen LogP contribution in [0, 0.1) is 11.3 Å². The fraction of sp³-hybridized carbons (Fsp3) is 0.357. The van der Waals surface area contributed by atoms with Crippen LogP contribution < -0.4 is 0 Å². The molecule has 2 aliphatic carbocycles. The van der Waals surface area contributed by atoms with Gasteiger partial charge in [0, 0.05) is 18.1 Å². The lowest BCUT2D eigenvalue weighted by atomic mass is 9.73. The van der Waals surface area contributed by atoms with Crippen LogP contribution in [0.1, 0.15) is 30.4 Å². The summed E-state index contributed by atoms with van der Waals surface area (Å²) in [5.74, 6) is 0.425. The minimum atomic E-state index is 0.425. The van der Waals surface area contributed by atoms with Gasteiger partial charge in [-0.15, -0.1) is 0 Å². The zero-order valence-electron chi connectivity index (χ0n) is 8.79. The topological polar surface area (TPSA) is 23.9 Å². The summed E-state index contributed by atoms with van der Waals surface area (Å²) in [4.78, 5) is 0. The maximum Gasteiger partial charge on any atom is 0.0223 e. The van der Waals surface area contributed by atoms with Crippen molar-refractivity contribution < 1.29 is 0 Å². The molecular formula is C14H15N. The summed E-state index contributed by atoms with van der Waals surface area (Å²) in [5.41, 5.74) is 5.08. The summed E-state index contributed by atoms with van der Waals surface area (Å²) in [5, 5.41) is 8.10. The summed E-state index contributed by atoms with van der Waals surface area (Å²) in [6, 6.07) is 8.57. The highest BCUT2D eigenvalue weighted by atomic mass is 14.5. The van der Waals surface area contributed by atoms with E-state index in [1.807, 2.05) is 0 Å². The van der Waals surface area contributed by atoms with Gasteiger partial charge in [0.05, 0.1) is 0 Å². The third-order valence-electron chi connectivity index (χ3n) is 3.57. The first-order chi connectivity index (χ1) is 7.36. The molecule has 1 nitrogen and oxygen atoms in total. The molecule has 1 heteroatoms. The van der Waals surface area contributed by atoms with Crippen LogP contribution in [0.4, 0.5) is 0 Å². The smallest absolute Gasteiger partial charge is 0.0223 e. The average molecular weight is 197 g/mol. The Hall–Kier alpha value is -1.37. The van der Waals surface area contributed by atoms with Gasteiger partial charge in [-0.1, -0.05) is 30.3 Å². The van der Waals surface area contributed by atoms with Crippen molar-refractivity contribution in [1.29, 1.82) is 5.41 Å². The highest BCUT2D eigenvalue weighted by Crippen LogP contribution is 2.39. The first kappa shape index (κ1) is 8.90. The molecule has 0 bridgehead atoms. The zero-order valence-corrected chi connectivity index (χ0v) is 8.79. The molecule has 1 aromatic rings. The van der Waals surface area contributed by atoms with Gasteiger partial charge < -0.3 is 5.41 Å². The van der Waals surface area contributed by atoms with E-state index < -0.39 is 0 Å². The molecule has 0 saturated heterocycles. The van der Waals surface area contributed by atoms with Crippen LogP contribution in [0.3, 0.4) is 0 Å². The van der Waals surface area contributed by atoms with E-state index in [2.05, 4.69) is 30.3 Å². The number of benzene rings is 1. The van der Waals surface area contributed by atoms with Crippen LogP contribution in [0.5, 0.6) is 0 Å². The van der Waals surface area contributed by atoms with Crippen molar-refractivity contribution >= 4 is 11.3 Å². The van der Waals surface area contributed by atoms with Gasteiger partial charge in [-0.3, -0.25) is 0 Å². The van der Waals surface area contributed by atoms with Crippen molar-refractivity contribution in [3.8, 4) is 0 Å². The van der Waals surface area contributed by atoms with Crippen LogP contribution in [-0.2, 0) is 6.42 Å². The molecule has 1 N–H and O–H groups in total. The molecule has 1 atom stereocenters. The van der Waals surface area contributed by atoms with E-state index in [0.29, 0.717) is 5.92 Å². The molecule has 3 rings (SSSR count). The molecule has 1 aromatic carbocycles. The Morgan fingerprint density at radius 2 is 2.07 bits per heavy atom. The second-order valence-corrected chi connectivity index (χ2v) is 4.50. The molecule has 0 saturated carbocycles. The summed E-state index contributed by atoms with van der Waals surface area (Å²) < 4.78 is 0. The maximum absolute atomic E-state index is 8.10. The maximum atomic E-state index is 8.10. The largest absolute Gasteiger partial charge is 0.309 e. The van der Waals surface area contributed by atoms with Crippen molar-refractivity contribution in [3.63, 3.8) is 0 Å². The summed E-state index contributed by atoms with van der Waals surface area (Å²) in [7, 11) is 0. The second kappa shape index (κ2) is 3.34. The fourth-order valence-corrected chi connectivity index (χ4v) is 2.82. The minimum Gasteiger partial charge on any atom is -0.309 e. The van der Waals surface area contributed by atoms with Crippen LogP contribution in [0.15, 0.2) is 30.3 Å². The normalized spacial score (nSPS) is 24.1. The van der Waals surface area contributed by atoms with E-state index in [0.717, 1.165) is 12.1 Å². The van der Waals surface area contributed by atoms with E-state index in [-0.39, 0.29) is 0 Å². The predicted molar refractivity (Wildman–Crippen MR) is 63.2 cm³/mol. The van der Waals surface area contributed by atoms with Gasteiger partial charge in [-0.2, -0.15) is 0 Å². The average Bonchev–Trinajstić information content (AvgIpc) is 2.30. The first-order valence-electron chi connectivity index (χ1n) is 5.72. The fourth-order valence-electron chi connectivity index (χ4n) is 2.82. The number of hydrogen-bond acceptors (Lipinski definition) is 1. The van der Waals surface area contributed by atoms with E-state index in [1.54, 1.807) is 0 Å².